The van der Waals surface area contributed by atoms with E-state index in [0.29, 0.717) is 19.3 Å². The minimum Gasteiger partial charge on any atom is -0.462 e. The first kappa shape index (κ1) is 55.1. The van der Waals surface area contributed by atoms with Crippen molar-refractivity contribution in [1.82, 2.24) is 0 Å². The predicted octanol–water partition coefficient (Wildman–Crippen LogP) is 15.7. The second-order valence-electron chi connectivity index (χ2n) is 16.0. The third-order valence-corrected chi connectivity index (χ3v) is 10.3. The van der Waals surface area contributed by atoms with Crippen LogP contribution in [0.4, 0.5) is 0 Å². The third kappa shape index (κ3) is 44.2. The molecule has 0 saturated heterocycles. The summed E-state index contributed by atoms with van der Waals surface area (Å²) >= 11 is 0. The molecule has 0 aromatic heterocycles. The molecule has 0 fully saturated rings. The van der Waals surface area contributed by atoms with Crippen molar-refractivity contribution in [3.63, 3.8) is 0 Å². The van der Waals surface area contributed by atoms with Gasteiger partial charge < -0.3 is 14.2 Å². The largest absolute Gasteiger partial charge is 0.462 e. The first-order valence-electron chi connectivity index (χ1n) is 24.3. The van der Waals surface area contributed by atoms with Crippen LogP contribution >= 0.6 is 0 Å². The molecule has 0 bridgehead atoms. The minimum atomic E-state index is -0.798. The Hall–Kier alpha value is -2.89. The van der Waals surface area contributed by atoms with E-state index in [1.807, 2.05) is 6.08 Å². The van der Waals surface area contributed by atoms with E-state index in [4.69, 9.17) is 14.2 Å². The molecule has 0 aliphatic heterocycles. The third-order valence-electron chi connectivity index (χ3n) is 10.3. The Morgan fingerprint density at radius 1 is 0.362 bits per heavy atom. The van der Waals surface area contributed by atoms with Gasteiger partial charge in [-0.1, -0.05) is 223 Å². The molecule has 0 spiro atoms. The van der Waals surface area contributed by atoms with Crippen molar-refractivity contribution in [2.45, 2.75) is 239 Å². The summed E-state index contributed by atoms with van der Waals surface area (Å²) in [4.78, 5) is 37.8. The molecule has 0 N–H and O–H groups in total. The number of hydrogen-bond acceptors (Lipinski definition) is 6. The number of ether oxygens (including phenoxy) is 3. The summed E-state index contributed by atoms with van der Waals surface area (Å²) in [7, 11) is 0. The van der Waals surface area contributed by atoms with Gasteiger partial charge in [-0.05, 0) is 51.4 Å². The van der Waals surface area contributed by atoms with Gasteiger partial charge in [-0.2, -0.15) is 0 Å². The number of rotatable bonds is 43. The smallest absolute Gasteiger partial charge is 0.306 e. The molecule has 0 aliphatic carbocycles. The van der Waals surface area contributed by atoms with Crippen molar-refractivity contribution in [3.8, 4) is 0 Å². The maximum Gasteiger partial charge on any atom is 0.306 e. The van der Waals surface area contributed by atoms with Crippen molar-refractivity contribution < 1.29 is 28.6 Å². The first-order valence-corrected chi connectivity index (χ1v) is 24.3. The number of hydrogen-bond donors (Lipinski definition) is 0. The molecule has 0 aromatic carbocycles. The number of unbranched alkanes of at least 4 members (excludes halogenated alkanes) is 22. The van der Waals surface area contributed by atoms with Gasteiger partial charge in [0.1, 0.15) is 13.2 Å². The van der Waals surface area contributed by atoms with Crippen molar-refractivity contribution >= 4 is 17.9 Å². The molecule has 58 heavy (non-hydrogen) atoms. The van der Waals surface area contributed by atoms with E-state index in [0.717, 1.165) is 70.6 Å². The molecule has 0 amide bonds. The summed E-state index contributed by atoms with van der Waals surface area (Å²) < 4.78 is 16.7. The molecule has 334 valence electrons. The fraction of sp³-hybridized carbons (Fsp3) is 0.750. The normalized spacial score (nSPS) is 12.5. The van der Waals surface area contributed by atoms with Gasteiger partial charge in [0.2, 0.25) is 0 Å². The van der Waals surface area contributed by atoms with Crippen LogP contribution in [0.2, 0.25) is 0 Å². The minimum absolute atomic E-state index is 0.0940. The van der Waals surface area contributed by atoms with Crippen molar-refractivity contribution in [2.75, 3.05) is 13.2 Å². The lowest BCUT2D eigenvalue weighted by atomic mass is 10.0. The first-order chi connectivity index (χ1) is 28.5. The van der Waals surface area contributed by atoms with Crippen LogP contribution < -0.4 is 0 Å². The second-order valence-corrected chi connectivity index (χ2v) is 16.0. The molecule has 0 heterocycles. The highest BCUT2D eigenvalue weighted by Crippen LogP contribution is 2.15. The molecule has 6 heteroatoms. The molecule has 0 aromatic rings. The van der Waals surface area contributed by atoms with Gasteiger partial charge in [0, 0.05) is 19.3 Å². The monoisotopic (exact) mass is 811 g/mol. The fourth-order valence-corrected chi connectivity index (χ4v) is 6.67. The Morgan fingerprint density at radius 2 is 0.672 bits per heavy atom. The summed E-state index contributed by atoms with van der Waals surface area (Å²) in [5.41, 5.74) is 0. The van der Waals surface area contributed by atoms with Crippen LogP contribution in [0, 0.1) is 0 Å². The van der Waals surface area contributed by atoms with Gasteiger partial charge in [0.25, 0.3) is 0 Å². The van der Waals surface area contributed by atoms with E-state index >= 15 is 0 Å². The van der Waals surface area contributed by atoms with Crippen LogP contribution in [0.15, 0.2) is 60.8 Å². The zero-order chi connectivity index (χ0) is 42.3. The molecule has 0 saturated carbocycles. The zero-order valence-corrected chi connectivity index (χ0v) is 38.0. The molecule has 0 radical (unpaired) electrons. The van der Waals surface area contributed by atoms with E-state index in [9.17, 15) is 14.4 Å². The number of esters is 3. The van der Waals surface area contributed by atoms with Gasteiger partial charge in [-0.3, -0.25) is 14.4 Å². The van der Waals surface area contributed by atoms with Crippen LogP contribution in [0.5, 0.6) is 0 Å². The Bertz CT molecular complexity index is 1070. The average Bonchev–Trinajstić information content (AvgIpc) is 3.22. The molecular weight excluding hydrogens is 721 g/mol. The molecular formula is C52H90O6. The Labute approximate surface area is 358 Å². The highest BCUT2D eigenvalue weighted by molar-refractivity contribution is 5.71. The topological polar surface area (TPSA) is 78.9 Å². The van der Waals surface area contributed by atoms with Crippen molar-refractivity contribution in [1.29, 1.82) is 0 Å². The van der Waals surface area contributed by atoms with Crippen LogP contribution in [0.3, 0.4) is 0 Å². The zero-order valence-electron chi connectivity index (χ0n) is 38.0. The van der Waals surface area contributed by atoms with E-state index in [1.165, 1.54) is 116 Å². The van der Waals surface area contributed by atoms with Gasteiger partial charge in [0.05, 0.1) is 0 Å². The van der Waals surface area contributed by atoms with E-state index in [2.05, 4.69) is 75.5 Å². The summed E-state index contributed by atoms with van der Waals surface area (Å²) in [5, 5.41) is 0. The van der Waals surface area contributed by atoms with Gasteiger partial charge in [-0.15, -0.1) is 0 Å². The fourth-order valence-electron chi connectivity index (χ4n) is 6.67. The van der Waals surface area contributed by atoms with E-state index < -0.39 is 6.10 Å². The van der Waals surface area contributed by atoms with E-state index in [1.54, 1.807) is 0 Å². The van der Waals surface area contributed by atoms with Crippen LogP contribution in [0.1, 0.15) is 233 Å². The Kier molecular flexibility index (Phi) is 44.5. The lowest BCUT2D eigenvalue weighted by molar-refractivity contribution is -0.166. The molecule has 1 atom stereocenters. The Morgan fingerprint density at radius 3 is 1.05 bits per heavy atom. The molecule has 1 unspecified atom stereocenters. The SMILES string of the molecule is CC/C=C\C/C=C\C/C=C\C/C=C\C/C=C\CCC(=O)OCC(COC(=O)CCCCCCCCCCCCC)OC(=O)CCCCCCCCCCCCCCC. The summed E-state index contributed by atoms with van der Waals surface area (Å²) in [5.74, 6) is -0.979. The standard InChI is InChI=1S/C52H90O6/c1-4-7-10-13-16-19-22-24-25-26-28-30-33-36-39-42-45-51(54)57-48-49(47-56-50(53)44-41-38-35-32-29-21-18-15-12-9-6-3)58-52(55)46-43-40-37-34-31-27-23-20-17-14-11-8-5-2/h7,10,16,19,24-25,28,30,36,39,49H,4-6,8-9,11-15,17-18,20-23,26-27,29,31-35,37-38,40-48H2,1-3H3/b10-7-,19-16-,25-24-,30-28-,39-36-. The van der Waals surface area contributed by atoms with Crippen molar-refractivity contribution in [2.24, 2.45) is 0 Å². The highest BCUT2D eigenvalue weighted by Gasteiger charge is 2.19. The molecule has 0 aliphatic rings. The number of allylic oxidation sites excluding steroid dienone is 10. The maximum absolute atomic E-state index is 12.7. The lowest BCUT2D eigenvalue weighted by Gasteiger charge is -2.18. The Balaban J connectivity index is 4.47. The van der Waals surface area contributed by atoms with Gasteiger partial charge >= 0.3 is 17.9 Å². The lowest BCUT2D eigenvalue weighted by Crippen LogP contribution is -2.30. The van der Waals surface area contributed by atoms with Crippen LogP contribution in [0.25, 0.3) is 0 Å². The van der Waals surface area contributed by atoms with Gasteiger partial charge in [0.15, 0.2) is 6.10 Å². The maximum atomic E-state index is 12.7. The average molecular weight is 811 g/mol. The summed E-state index contributed by atoms with van der Waals surface area (Å²) in [6.07, 6.45) is 56.4. The summed E-state index contributed by atoms with van der Waals surface area (Å²) in [6, 6.07) is 0. The van der Waals surface area contributed by atoms with Crippen molar-refractivity contribution in [3.05, 3.63) is 60.8 Å². The van der Waals surface area contributed by atoms with E-state index in [-0.39, 0.29) is 37.5 Å². The number of carbonyl (C=O) groups excluding carboxylic acids is 3. The predicted molar refractivity (Wildman–Crippen MR) is 247 cm³/mol. The molecule has 0 rings (SSSR count). The molecule has 6 nitrogen and oxygen atoms in total. The van der Waals surface area contributed by atoms with Crippen LogP contribution in [-0.4, -0.2) is 37.2 Å². The quantitative estimate of drug-likeness (QED) is 0.0264. The number of carbonyl (C=O) groups is 3. The van der Waals surface area contributed by atoms with Crippen LogP contribution in [-0.2, 0) is 28.6 Å². The summed E-state index contributed by atoms with van der Waals surface area (Å²) in [6.45, 7) is 6.45. The van der Waals surface area contributed by atoms with Gasteiger partial charge in [-0.25, -0.2) is 0 Å². The second kappa shape index (κ2) is 46.8. The highest BCUT2D eigenvalue weighted by atomic mass is 16.6.